The maximum Gasteiger partial charge on any atom is 0.292 e. The topological polar surface area (TPSA) is 86.3 Å². The van der Waals surface area contributed by atoms with Crippen LogP contribution in [-0.4, -0.2) is 15.2 Å². The third kappa shape index (κ3) is 2.90. The maximum atomic E-state index is 11.8. The van der Waals surface area contributed by atoms with E-state index in [0.29, 0.717) is 16.4 Å². The van der Waals surface area contributed by atoms with Gasteiger partial charge in [-0.3, -0.25) is 20.0 Å². The number of halogens is 1. The molecule has 1 aromatic carbocycles. The lowest BCUT2D eigenvalue weighted by atomic mass is 10.2. The molecule has 0 aliphatic rings. The minimum atomic E-state index is -0.334. The summed E-state index contributed by atoms with van der Waals surface area (Å²) < 4.78 is 0. The number of benzene rings is 1. The number of azo groups is 1. The number of aromatic nitrogens is 3. The second kappa shape index (κ2) is 5.72. The average molecular weight is 300 g/mol. The second-order valence-corrected chi connectivity index (χ2v) is 4.65. The zero-order valence-corrected chi connectivity index (χ0v) is 11.5. The van der Waals surface area contributed by atoms with Gasteiger partial charge in [-0.2, -0.15) is 5.11 Å². The fourth-order valence-electron chi connectivity index (χ4n) is 1.79. The summed E-state index contributed by atoms with van der Waals surface area (Å²) in [5, 5.41) is 14.0. The van der Waals surface area contributed by atoms with Crippen molar-refractivity contribution in [2.75, 3.05) is 0 Å². The van der Waals surface area contributed by atoms with Gasteiger partial charge in [0.1, 0.15) is 0 Å². The predicted octanol–water partition coefficient (Wildman–Crippen LogP) is 3.83. The Hall–Kier alpha value is -2.73. The number of hydrogen-bond donors (Lipinski definition) is 2. The van der Waals surface area contributed by atoms with Crippen LogP contribution in [0.1, 0.15) is 0 Å². The van der Waals surface area contributed by atoms with Gasteiger partial charge in [-0.1, -0.05) is 11.6 Å². The van der Waals surface area contributed by atoms with E-state index >= 15 is 0 Å². The number of aromatic amines is 2. The molecule has 0 atom stereocenters. The van der Waals surface area contributed by atoms with E-state index in [4.69, 9.17) is 11.6 Å². The molecule has 3 aromatic rings. The summed E-state index contributed by atoms with van der Waals surface area (Å²) in [6.07, 6.45) is 3.28. The van der Waals surface area contributed by atoms with E-state index in [1.807, 2.05) is 0 Å². The Balaban J connectivity index is 1.98. The molecule has 0 fully saturated rings. The van der Waals surface area contributed by atoms with Crippen molar-refractivity contribution in [3.63, 3.8) is 0 Å². The lowest BCUT2D eigenvalue weighted by Gasteiger charge is -1.97. The number of nitrogens with one attached hydrogen (secondary N) is 2. The van der Waals surface area contributed by atoms with Gasteiger partial charge in [0.15, 0.2) is 5.69 Å². The minimum absolute atomic E-state index is 0.219. The zero-order valence-electron chi connectivity index (χ0n) is 10.7. The molecule has 0 radical (unpaired) electrons. The molecule has 2 N–H and O–H groups in total. The molecular formula is C14H10ClN5O. The number of hydrogen-bond acceptors (Lipinski definition) is 4. The summed E-state index contributed by atoms with van der Waals surface area (Å²) in [5.74, 6) is 0. The van der Waals surface area contributed by atoms with Crippen molar-refractivity contribution in [2.24, 2.45) is 10.2 Å². The Morgan fingerprint density at radius 2 is 1.67 bits per heavy atom. The summed E-state index contributed by atoms with van der Waals surface area (Å²) in [7, 11) is 0. The molecule has 0 bridgehead atoms. The summed E-state index contributed by atoms with van der Waals surface area (Å²) in [6.45, 7) is 0. The van der Waals surface area contributed by atoms with E-state index in [1.54, 1.807) is 48.8 Å². The molecule has 3 rings (SSSR count). The molecule has 2 aromatic heterocycles. The molecule has 0 unspecified atom stereocenters. The molecule has 0 aliphatic heterocycles. The molecule has 0 saturated heterocycles. The average Bonchev–Trinajstić information content (AvgIpc) is 2.89. The van der Waals surface area contributed by atoms with Gasteiger partial charge in [0.2, 0.25) is 0 Å². The summed E-state index contributed by atoms with van der Waals surface area (Å²) in [5.41, 5.74) is 1.87. The van der Waals surface area contributed by atoms with Crippen LogP contribution in [0, 0.1) is 0 Å². The van der Waals surface area contributed by atoms with Crippen LogP contribution in [0.4, 0.5) is 11.4 Å². The summed E-state index contributed by atoms with van der Waals surface area (Å²) >= 11 is 5.80. The second-order valence-electron chi connectivity index (χ2n) is 4.22. The molecule has 0 aliphatic carbocycles. The first-order valence-corrected chi connectivity index (χ1v) is 6.50. The highest BCUT2D eigenvalue weighted by Crippen LogP contribution is 2.26. The van der Waals surface area contributed by atoms with Gasteiger partial charge in [0, 0.05) is 23.0 Å². The van der Waals surface area contributed by atoms with E-state index in [9.17, 15) is 4.79 Å². The van der Waals surface area contributed by atoms with Crippen LogP contribution in [0.2, 0.25) is 5.02 Å². The fourth-order valence-corrected chi connectivity index (χ4v) is 1.92. The predicted molar refractivity (Wildman–Crippen MR) is 80.3 cm³/mol. The fraction of sp³-hybridized carbons (Fsp3) is 0. The van der Waals surface area contributed by atoms with Gasteiger partial charge >= 0.3 is 0 Å². The molecule has 6 nitrogen and oxygen atoms in total. The van der Waals surface area contributed by atoms with Crippen molar-refractivity contribution in [3.8, 4) is 11.3 Å². The quantitative estimate of drug-likeness (QED) is 0.720. The van der Waals surface area contributed by atoms with Crippen LogP contribution in [0.15, 0.2) is 63.8 Å². The highest BCUT2D eigenvalue weighted by Gasteiger charge is 2.11. The SMILES string of the molecule is O=c1[nH][nH]c(-c2ccncc2)c1N=Nc1ccc(Cl)cc1. The lowest BCUT2D eigenvalue weighted by molar-refractivity contribution is 1.06. The molecule has 0 saturated carbocycles. The molecule has 7 heteroatoms. The Morgan fingerprint density at radius 1 is 0.952 bits per heavy atom. The Kier molecular flexibility index (Phi) is 3.61. The number of nitrogens with zero attached hydrogens (tertiary/aromatic N) is 3. The van der Waals surface area contributed by atoms with Crippen molar-refractivity contribution in [1.82, 2.24) is 15.2 Å². The van der Waals surface area contributed by atoms with Crippen molar-refractivity contribution >= 4 is 23.0 Å². The summed E-state index contributed by atoms with van der Waals surface area (Å²) in [6, 6.07) is 10.4. The number of H-pyrrole nitrogens is 2. The minimum Gasteiger partial charge on any atom is -0.295 e. The highest BCUT2D eigenvalue weighted by atomic mass is 35.5. The molecular weight excluding hydrogens is 290 g/mol. The normalized spacial score (nSPS) is 11.1. The third-order valence-electron chi connectivity index (χ3n) is 2.81. The largest absolute Gasteiger partial charge is 0.295 e. The van der Waals surface area contributed by atoms with Gasteiger partial charge in [-0.05, 0) is 36.4 Å². The van der Waals surface area contributed by atoms with E-state index in [-0.39, 0.29) is 11.2 Å². The smallest absolute Gasteiger partial charge is 0.292 e. The third-order valence-corrected chi connectivity index (χ3v) is 3.07. The molecule has 0 spiro atoms. The van der Waals surface area contributed by atoms with Crippen molar-refractivity contribution < 1.29 is 0 Å². The van der Waals surface area contributed by atoms with Gasteiger partial charge in [-0.15, -0.1) is 5.11 Å². The van der Waals surface area contributed by atoms with E-state index in [1.165, 1.54) is 0 Å². The molecule has 21 heavy (non-hydrogen) atoms. The Labute approximate surface area is 124 Å². The monoisotopic (exact) mass is 299 g/mol. The van der Waals surface area contributed by atoms with E-state index in [0.717, 1.165) is 5.56 Å². The Bertz CT molecular complexity index is 821. The lowest BCUT2D eigenvalue weighted by Crippen LogP contribution is -1.96. The molecule has 104 valence electrons. The van der Waals surface area contributed by atoms with Crippen LogP contribution < -0.4 is 5.56 Å². The van der Waals surface area contributed by atoms with Gasteiger partial charge < -0.3 is 0 Å². The zero-order chi connectivity index (χ0) is 14.7. The standard InChI is InChI=1S/C14H10ClN5O/c15-10-1-3-11(4-2-10)17-19-13-12(18-20-14(13)21)9-5-7-16-8-6-9/h1-8H,(H2,18,20,21). The van der Waals surface area contributed by atoms with E-state index < -0.39 is 0 Å². The summed E-state index contributed by atoms with van der Waals surface area (Å²) in [4.78, 5) is 15.8. The van der Waals surface area contributed by atoms with E-state index in [2.05, 4.69) is 25.4 Å². The number of rotatable bonds is 3. The first-order chi connectivity index (χ1) is 10.2. The highest BCUT2D eigenvalue weighted by molar-refractivity contribution is 6.30. The van der Waals surface area contributed by atoms with Crippen molar-refractivity contribution in [2.45, 2.75) is 0 Å². The van der Waals surface area contributed by atoms with Gasteiger partial charge in [-0.25, -0.2) is 0 Å². The van der Waals surface area contributed by atoms with Crippen LogP contribution in [0.3, 0.4) is 0 Å². The van der Waals surface area contributed by atoms with Crippen LogP contribution in [0.5, 0.6) is 0 Å². The van der Waals surface area contributed by atoms with Crippen LogP contribution in [-0.2, 0) is 0 Å². The Morgan fingerprint density at radius 3 is 2.38 bits per heavy atom. The maximum absolute atomic E-state index is 11.8. The first-order valence-electron chi connectivity index (χ1n) is 6.12. The number of pyridine rings is 1. The molecule has 2 heterocycles. The molecule has 0 amide bonds. The van der Waals surface area contributed by atoms with Crippen molar-refractivity contribution in [1.29, 1.82) is 0 Å². The first kappa shape index (κ1) is 13.3. The van der Waals surface area contributed by atoms with Gasteiger partial charge in [0.25, 0.3) is 5.56 Å². The van der Waals surface area contributed by atoms with Crippen LogP contribution >= 0.6 is 11.6 Å². The van der Waals surface area contributed by atoms with Gasteiger partial charge in [0.05, 0.1) is 11.4 Å². The van der Waals surface area contributed by atoms with Crippen molar-refractivity contribution in [3.05, 3.63) is 64.2 Å². The van der Waals surface area contributed by atoms with Crippen LogP contribution in [0.25, 0.3) is 11.3 Å².